The Morgan fingerprint density at radius 1 is 1.53 bits per heavy atom. The topological polar surface area (TPSA) is 69.0 Å². The van der Waals surface area contributed by atoms with E-state index in [0.717, 1.165) is 5.82 Å². The maximum absolute atomic E-state index is 11.4. The van der Waals surface area contributed by atoms with Crippen molar-refractivity contribution in [2.45, 2.75) is 20.3 Å². The second-order valence-corrected chi connectivity index (χ2v) is 3.12. The standard InChI is InChI=1S/C9H16N4O2/c1-4-15-6-5-8(14)10-9-12-11-7(2)13(9)3/h4-6H2,1-3H3,(H,10,12,14). The molecule has 1 rings (SSSR count). The highest BCUT2D eigenvalue weighted by molar-refractivity contribution is 5.89. The van der Waals surface area contributed by atoms with Gasteiger partial charge in [-0.25, -0.2) is 0 Å². The first-order chi connectivity index (χ1) is 7.15. The number of rotatable bonds is 5. The van der Waals surface area contributed by atoms with Crippen molar-refractivity contribution < 1.29 is 9.53 Å². The summed E-state index contributed by atoms with van der Waals surface area (Å²) in [6.45, 7) is 4.77. The number of ether oxygens (including phenoxy) is 1. The fourth-order valence-electron chi connectivity index (χ4n) is 1.01. The molecule has 0 aromatic carbocycles. The van der Waals surface area contributed by atoms with E-state index in [0.29, 0.717) is 25.6 Å². The predicted molar refractivity (Wildman–Crippen MR) is 55.5 cm³/mol. The molecule has 6 heteroatoms. The lowest BCUT2D eigenvalue weighted by molar-refractivity contribution is -0.117. The zero-order valence-electron chi connectivity index (χ0n) is 9.28. The molecule has 1 N–H and O–H groups in total. The molecule has 1 aromatic heterocycles. The van der Waals surface area contributed by atoms with Gasteiger partial charge in [-0.15, -0.1) is 10.2 Å². The summed E-state index contributed by atoms with van der Waals surface area (Å²) in [6, 6.07) is 0. The average Bonchev–Trinajstić information content (AvgIpc) is 2.50. The van der Waals surface area contributed by atoms with Gasteiger partial charge in [-0.05, 0) is 13.8 Å². The van der Waals surface area contributed by atoms with E-state index in [9.17, 15) is 4.79 Å². The quantitative estimate of drug-likeness (QED) is 0.721. The molecule has 84 valence electrons. The maximum atomic E-state index is 11.4. The first-order valence-electron chi connectivity index (χ1n) is 4.88. The number of carbonyl (C=O) groups excluding carboxylic acids is 1. The lowest BCUT2D eigenvalue weighted by Gasteiger charge is -2.04. The average molecular weight is 212 g/mol. The summed E-state index contributed by atoms with van der Waals surface area (Å²) < 4.78 is 6.79. The Bertz CT molecular complexity index is 335. The van der Waals surface area contributed by atoms with Gasteiger partial charge in [0.25, 0.3) is 0 Å². The van der Waals surface area contributed by atoms with Crippen molar-refractivity contribution in [2.24, 2.45) is 7.05 Å². The van der Waals surface area contributed by atoms with Crippen molar-refractivity contribution in [1.29, 1.82) is 0 Å². The predicted octanol–water partition coefficient (Wildman–Crippen LogP) is 0.489. The van der Waals surface area contributed by atoms with E-state index < -0.39 is 0 Å². The van der Waals surface area contributed by atoms with Crippen LogP contribution in [0.1, 0.15) is 19.2 Å². The number of aromatic nitrogens is 3. The van der Waals surface area contributed by atoms with Crippen LogP contribution >= 0.6 is 0 Å². The minimum absolute atomic E-state index is 0.112. The first-order valence-corrected chi connectivity index (χ1v) is 4.88. The summed E-state index contributed by atoms with van der Waals surface area (Å²) in [4.78, 5) is 11.4. The Labute approximate surface area is 88.6 Å². The summed E-state index contributed by atoms with van der Waals surface area (Å²) in [7, 11) is 1.80. The molecule has 0 atom stereocenters. The van der Waals surface area contributed by atoms with Crippen LogP contribution in [0.3, 0.4) is 0 Å². The highest BCUT2D eigenvalue weighted by atomic mass is 16.5. The minimum atomic E-state index is -0.112. The molecule has 0 saturated heterocycles. The Kier molecular flexibility index (Phi) is 4.23. The second-order valence-electron chi connectivity index (χ2n) is 3.12. The Balaban J connectivity index is 2.41. The van der Waals surface area contributed by atoms with Crippen molar-refractivity contribution in [3.05, 3.63) is 5.82 Å². The lowest BCUT2D eigenvalue weighted by Crippen LogP contribution is -2.16. The number of nitrogens with one attached hydrogen (secondary N) is 1. The Hall–Kier alpha value is -1.43. The van der Waals surface area contributed by atoms with Crippen LogP contribution in [0, 0.1) is 6.92 Å². The summed E-state index contributed by atoms with van der Waals surface area (Å²) in [5.74, 6) is 1.11. The molecule has 1 amide bonds. The van der Waals surface area contributed by atoms with Crippen LogP contribution < -0.4 is 5.32 Å². The summed E-state index contributed by atoms with van der Waals surface area (Å²) in [6.07, 6.45) is 0.333. The number of aryl methyl sites for hydroxylation is 1. The lowest BCUT2D eigenvalue weighted by atomic mass is 10.4. The van der Waals surface area contributed by atoms with Crippen LogP contribution in [0.2, 0.25) is 0 Å². The van der Waals surface area contributed by atoms with Crippen molar-refractivity contribution in [1.82, 2.24) is 14.8 Å². The van der Waals surface area contributed by atoms with Gasteiger partial charge in [-0.1, -0.05) is 0 Å². The fraction of sp³-hybridized carbons (Fsp3) is 0.667. The highest BCUT2D eigenvalue weighted by Crippen LogP contribution is 2.03. The van der Waals surface area contributed by atoms with Gasteiger partial charge >= 0.3 is 0 Å². The maximum Gasteiger partial charge on any atom is 0.230 e. The van der Waals surface area contributed by atoms with Gasteiger partial charge < -0.3 is 9.30 Å². The van der Waals surface area contributed by atoms with Crippen LogP contribution in [-0.4, -0.2) is 33.9 Å². The summed E-state index contributed by atoms with van der Waals surface area (Å²) >= 11 is 0. The molecule has 1 aromatic rings. The molecule has 1 heterocycles. The number of hydrogen-bond donors (Lipinski definition) is 1. The van der Waals surface area contributed by atoms with E-state index >= 15 is 0 Å². The van der Waals surface area contributed by atoms with Gasteiger partial charge in [0.2, 0.25) is 11.9 Å². The normalized spacial score (nSPS) is 10.3. The van der Waals surface area contributed by atoms with Gasteiger partial charge in [-0.3, -0.25) is 10.1 Å². The SMILES string of the molecule is CCOCCC(=O)Nc1nnc(C)n1C. The van der Waals surface area contributed by atoms with Crippen LogP contribution in [0.4, 0.5) is 5.95 Å². The van der Waals surface area contributed by atoms with Crippen molar-refractivity contribution in [3.8, 4) is 0 Å². The molecule has 0 unspecified atom stereocenters. The van der Waals surface area contributed by atoms with Gasteiger partial charge in [0, 0.05) is 13.7 Å². The Morgan fingerprint density at radius 3 is 2.80 bits per heavy atom. The van der Waals surface area contributed by atoms with E-state index in [1.54, 1.807) is 11.6 Å². The molecular formula is C9H16N4O2. The number of nitrogens with zero attached hydrogens (tertiary/aromatic N) is 3. The molecule has 0 radical (unpaired) electrons. The van der Waals surface area contributed by atoms with E-state index in [1.807, 2.05) is 13.8 Å². The number of hydrogen-bond acceptors (Lipinski definition) is 4. The molecule has 0 aliphatic rings. The minimum Gasteiger partial charge on any atom is -0.381 e. The molecule has 0 aliphatic heterocycles. The third-order valence-corrected chi connectivity index (χ3v) is 2.02. The fourth-order valence-corrected chi connectivity index (χ4v) is 1.01. The molecule has 0 bridgehead atoms. The zero-order valence-corrected chi connectivity index (χ0v) is 9.28. The number of anilines is 1. The number of carbonyl (C=O) groups is 1. The van der Waals surface area contributed by atoms with Crippen molar-refractivity contribution >= 4 is 11.9 Å². The molecule has 15 heavy (non-hydrogen) atoms. The molecule has 0 fully saturated rings. The third-order valence-electron chi connectivity index (χ3n) is 2.02. The highest BCUT2D eigenvalue weighted by Gasteiger charge is 2.08. The zero-order chi connectivity index (χ0) is 11.3. The molecule has 0 aliphatic carbocycles. The van der Waals surface area contributed by atoms with Gasteiger partial charge in [0.1, 0.15) is 5.82 Å². The summed E-state index contributed by atoms with van der Waals surface area (Å²) in [5.41, 5.74) is 0. The van der Waals surface area contributed by atoms with Gasteiger partial charge in [0.05, 0.1) is 13.0 Å². The van der Waals surface area contributed by atoms with E-state index in [2.05, 4.69) is 15.5 Å². The third kappa shape index (κ3) is 3.32. The summed E-state index contributed by atoms with van der Waals surface area (Å²) in [5, 5.41) is 10.3. The van der Waals surface area contributed by atoms with Crippen LogP contribution in [0.15, 0.2) is 0 Å². The largest absolute Gasteiger partial charge is 0.381 e. The van der Waals surface area contributed by atoms with Gasteiger partial charge in [0.15, 0.2) is 0 Å². The first kappa shape index (κ1) is 11.6. The van der Waals surface area contributed by atoms with Gasteiger partial charge in [-0.2, -0.15) is 0 Å². The van der Waals surface area contributed by atoms with Crippen LogP contribution in [0.25, 0.3) is 0 Å². The molecule has 0 spiro atoms. The smallest absolute Gasteiger partial charge is 0.230 e. The van der Waals surface area contributed by atoms with E-state index in [1.165, 1.54) is 0 Å². The second kappa shape index (κ2) is 5.45. The molecular weight excluding hydrogens is 196 g/mol. The monoisotopic (exact) mass is 212 g/mol. The van der Waals surface area contributed by atoms with E-state index in [-0.39, 0.29) is 5.91 Å². The van der Waals surface area contributed by atoms with Crippen LogP contribution in [0.5, 0.6) is 0 Å². The van der Waals surface area contributed by atoms with Crippen molar-refractivity contribution in [3.63, 3.8) is 0 Å². The number of amides is 1. The van der Waals surface area contributed by atoms with E-state index in [4.69, 9.17) is 4.74 Å². The van der Waals surface area contributed by atoms with Crippen LogP contribution in [-0.2, 0) is 16.6 Å². The molecule has 6 nitrogen and oxygen atoms in total. The molecule has 0 saturated carbocycles. The Morgan fingerprint density at radius 2 is 2.27 bits per heavy atom. The van der Waals surface area contributed by atoms with Crippen molar-refractivity contribution in [2.75, 3.05) is 18.5 Å².